The Bertz CT molecular complexity index is 573. The third kappa shape index (κ3) is 1.81. The first kappa shape index (κ1) is 10.4. The lowest BCUT2D eigenvalue weighted by Crippen LogP contribution is -2.18. The van der Waals surface area contributed by atoms with Gasteiger partial charge in [-0.2, -0.15) is 5.10 Å². The van der Waals surface area contributed by atoms with Crippen molar-refractivity contribution in [2.75, 3.05) is 6.61 Å². The Balaban J connectivity index is 2.03. The number of ether oxygens (including phenoxy) is 1. The first-order chi connectivity index (χ1) is 8.38. The fourth-order valence-electron chi connectivity index (χ4n) is 2.29. The lowest BCUT2D eigenvalue weighted by atomic mass is 10.1. The van der Waals surface area contributed by atoms with E-state index in [2.05, 4.69) is 11.0 Å². The number of terminal acetylenes is 1. The van der Waals surface area contributed by atoms with Crippen molar-refractivity contribution in [1.82, 2.24) is 9.78 Å². The Hall–Kier alpha value is -1.79. The summed E-state index contributed by atoms with van der Waals surface area (Å²) in [5, 5.41) is 5.50. The molecule has 1 aromatic heterocycles. The fraction of sp³-hybridized carbons (Fsp3) is 0.357. The zero-order valence-corrected chi connectivity index (χ0v) is 9.60. The second-order valence-electron chi connectivity index (χ2n) is 4.33. The van der Waals surface area contributed by atoms with Crippen LogP contribution < -0.4 is 0 Å². The monoisotopic (exact) mass is 226 g/mol. The average molecular weight is 226 g/mol. The largest absolute Gasteiger partial charge is 0.356 e. The normalized spacial score (nSPS) is 20.3. The minimum Gasteiger partial charge on any atom is -0.356 e. The molecule has 1 aliphatic rings. The highest BCUT2D eigenvalue weighted by atomic mass is 16.5. The summed E-state index contributed by atoms with van der Waals surface area (Å²) in [7, 11) is 0. The van der Waals surface area contributed by atoms with Gasteiger partial charge in [-0.3, -0.25) is 0 Å². The van der Waals surface area contributed by atoms with Gasteiger partial charge in [-0.15, -0.1) is 6.42 Å². The summed E-state index contributed by atoms with van der Waals surface area (Å²) in [5.74, 6) is 2.64. The molecule has 3 heteroatoms. The Morgan fingerprint density at radius 3 is 3.12 bits per heavy atom. The van der Waals surface area contributed by atoms with Crippen LogP contribution in [0.3, 0.4) is 0 Å². The predicted molar refractivity (Wildman–Crippen MR) is 66.5 cm³/mol. The summed E-state index contributed by atoms with van der Waals surface area (Å²) >= 11 is 0. The molecule has 3 nitrogen and oxygen atoms in total. The molecule has 1 aliphatic heterocycles. The zero-order valence-electron chi connectivity index (χ0n) is 9.60. The molecule has 0 saturated carbocycles. The highest BCUT2D eigenvalue weighted by molar-refractivity contribution is 5.80. The van der Waals surface area contributed by atoms with Crippen LogP contribution in [0.25, 0.3) is 10.9 Å². The minimum absolute atomic E-state index is 0.0814. The standard InChI is InChI=1S/C14H14N2O/c1-2-11-6-7-13-12(9-11)10-15-16(13)14-5-3-4-8-17-14/h1,6-7,9-10,14H,3-5,8H2. The number of hydrogen-bond acceptors (Lipinski definition) is 2. The third-order valence-corrected chi connectivity index (χ3v) is 3.19. The van der Waals surface area contributed by atoms with Gasteiger partial charge >= 0.3 is 0 Å². The maximum atomic E-state index is 5.75. The van der Waals surface area contributed by atoms with Crippen LogP contribution in [0.15, 0.2) is 24.4 Å². The topological polar surface area (TPSA) is 27.1 Å². The molecule has 0 radical (unpaired) electrons. The van der Waals surface area contributed by atoms with E-state index in [1.807, 2.05) is 29.1 Å². The van der Waals surface area contributed by atoms with E-state index in [4.69, 9.17) is 11.2 Å². The number of rotatable bonds is 1. The summed E-state index contributed by atoms with van der Waals surface area (Å²) in [5.41, 5.74) is 1.98. The van der Waals surface area contributed by atoms with Crippen molar-refractivity contribution >= 4 is 10.9 Å². The van der Waals surface area contributed by atoms with E-state index >= 15 is 0 Å². The van der Waals surface area contributed by atoms with Crippen LogP contribution >= 0.6 is 0 Å². The Kier molecular flexibility index (Phi) is 2.58. The zero-order chi connectivity index (χ0) is 11.7. The van der Waals surface area contributed by atoms with E-state index in [-0.39, 0.29) is 6.23 Å². The average Bonchev–Trinajstić information content (AvgIpc) is 2.82. The molecule has 1 fully saturated rings. The summed E-state index contributed by atoms with van der Waals surface area (Å²) in [4.78, 5) is 0. The van der Waals surface area contributed by atoms with Crippen LogP contribution in [0.2, 0.25) is 0 Å². The molecular formula is C14H14N2O. The molecule has 2 heterocycles. The first-order valence-electron chi connectivity index (χ1n) is 5.94. The van der Waals surface area contributed by atoms with Gasteiger partial charge in [0.15, 0.2) is 6.23 Å². The molecule has 1 saturated heterocycles. The Morgan fingerprint density at radius 1 is 1.41 bits per heavy atom. The highest BCUT2D eigenvalue weighted by Crippen LogP contribution is 2.26. The number of hydrogen-bond donors (Lipinski definition) is 0. The van der Waals surface area contributed by atoms with Gasteiger partial charge in [-0.05, 0) is 37.5 Å². The van der Waals surface area contributed by atoms with Gasteiger partial charge in [-0.1, -0.05) is 5.92 Å². The third-order valence-electron chi connectivity index (χ3n) is 3.19. The van der Waals surface area contributed by atoms with E-state index in [0.717, 1.165) is 35.9 Å². The van der Waals surface area contributed by atoms with Gasteiger partial charge in [0.1, 0.15) is 0 Å². The Labute approximate surface area is 100 Å². The molecule has 1 aromatic carbocycles. The summed E-state index contributed by atoms with van der Waals surface area (Å²) < 4.78 is 7.71. The number of fused-ring (bicyclic) bond motifs is 1. The maximum Gasteiger partial charge on any atom is 0.150 e. The molecular weight excluding hydrogens is 212 g/mol. The van der Waals surface area contributed by atoms with Gasteiger partial charge in [0.05, 0.1) is 11.7 Å². The van der Waals surface area contributed by atoms with Crippen molar-refractivity contribution < 1.29 is 4.74 Å². The van der Waals surface area contributed by atoms with Crippen LogP contribution in [-0.2, 0) is 4.74 Å². The molecule has 1 atom stereocenters. The van der Waals surface area contributed by atoms with Gasteiger partial charge < -0.3 is 4.74 Å². The van der Waals surface area contributed by atoms with E-state index < -0.39 is 0 Å². The molecule has 86 valence electrons. The molecule has 1 unspecified atom stereocenters. The summed E-state index contributed by atoms with van der Waals surface area (Å²) in [6.45, 7) is 0.828. The van der Waals surface area contributed by atoms with E-state index in [1.54, 1.807) is 0 Å². The quantitative estimate of drug-likeness (QED) is 0.699. The predicted octanol–water partition coefficient (Wildman–Crippen LogP) is 2.72. The van der Waals surface area contributed by atoms with Crippen LogP contribution in [0.5, 0.6) is 0 Å². The van der Waals surface area contributed by atoms with Crippen LogP contribution in [0, 0.1) is 12.3 Å². The maximum absolute atomic E-state index is 5.75. The fourth-order valence-corrected chi connectivity index (χ4v) is 2.29. The molecule has 0 aliphatic carbocycles. The van der Waals surface area contributed by atoms with E-state index in [9.17, 15) is 0 Å². The molecule has 0 bridgehead atoms. The Morgan fingerprint density at radius 2 is 2.35 bits per heavy atom. The lowest BCUT2D eigenvalue weighted by Gasteiger charge is -2.23. The van der Waals surface area contributed by atoms with Crippen LogP contribution in [0.4, 0.5) is 0 Å². The summed E-state index contributed by atoms with van der Waals surface area (Å²) in [6.07, 6.45) is 10.7. The smallest absolute Gasteiger partial charge is 0.150 e. The molecule has 3 rings (SSSR count). The number of benzene rings is 1. The van der Waals surface area contributed by atoms with Gasteiger partial charge in [0.2, 0.25) is 0 Å². The van der Waals surface area contributed by atoms with Gasteiger partial charge in [-0.25, -0.2) is 4.68 Å². The highest BCUT2D eigenvalue weighted by Gasteiger charge is 2.18. The van der Waals surface area contributed by atoms with Crippen molar-refractivity contribution in [2.24, 2.45) is 0 Å². The molecule has 2 aromatic rings. The van der Waals surface area contributed by atoms with Crippen LogP contribution in [0.1, 0.15) is 31.1 Å². The van der Waals surface area contributed by atoms with Gasteiger partial charge in [0, 0.05) is 17.6 Å². The molecule has 0 amide bonds. The van der Waals surface area contributed by atoms with E-state index in [1.165, 1.54) is 6.42 Å². The van der Waals surface area contributed by atoms with Crippen molar-refractivity contribution in [3.63, 3.8) is 0 Å². The van der Waals surface area contributed by atoms with Crippen molar-refractivity contribution in [1.29, 1.82) is 0 Å². The first-order valence-corrected chi connectivity index (χ1v) is 5.94. The van der Waals surface area contributed by atoms with E-state index in [0.29, 0.717) is 0 Å². The second kappa shape index (κ2) is 4.23. The van der Waals surface area contributed by atoms with Gasteiger partial charge in [0.25, 0.3) is 0 Å². The molecule has 0 N–H and O–H groups in total. The lowest BCUT2D eigenvalue weighted by molar-refractivity contribution is -0.0366. The van der Waals surface area contributed by atoms with Crippen LogP contribution in [-0.4, -0.2) is 16.4 Å². The second-order valence-corrected chi connectivity index (χ2v) is 4.33. The molecule has 0 spiro atoms. The number of nitrogens with zero attached hydrogens (tertiary/aromatic N) is 2. The number of aromatic nitrogens is 2. The molecule has 17 heavy (non-hydrogen) atoms. The minimum atomic E-state index is 0.0814. The summed E-state index contributed by atoms with van der Waals surface area (Å²) in [6, 6.07) is 5.96. The SMILES string of the molecule is C#Cc1ccc2c(cnn2C2CCCCO2)c1. The van der Waals surface area contributed by atoms with Crippen molar-refractivity contribution in [3.05, 3.63) is 30.0 Å². The van der Waals surface area contributed by atoms with Crippen molar-refractivity contribution in [3.8, 4) is 12.3 Å². The van der Waals surface area contributed by atoms with Crippen molar-refractivity contribution in [2.45, 2.75) is 25.5 Å².